The molecular formula is C22H20ClNO4. The van der Waals surface area contributed by atoms with Gasteiger partial charge < -0.3 is 14.5 Å². The van der Waals surface area contributed by atoms with Gasteiger partial charge in [0, 0.05) is 28.1 Å². The molecule has 0 saturated carbocycles. The van der Waals surface area contributed by atoms with E-state index in [9.17, 15) is 9.59 Å². The van der Waals surface area contributed by atoms with Crippen LogP contribution in [-0.4, -0.2) is 12.5 Å². The normalized spacial score (nSPS) is 12.8. The summed E-state index contributed by atoms with van der Waals surface area (Å²) in [5.41, 5.74) is 3.72. The third kappa shape index (κ3) is 3.50. The number of aryl methyl sites for hydroxylation is 2. The lowest BCUT2D eigenvalue weighted by molar-refractivity contribution is -0.123. The first-order valence-corrected chi connectivity index (χ1v) is 9.63. The smallest absolute Gasteiger partial charge is 0.339 e. The summed E-state index contributed by atoms with van der Waals surface area (Å²) in [4.78, 5) is 24.4. The fraction of sp³-hybridized carbons (Fsp3) is 0.273. The Balaban J connectivity index is 1.47. The van der Waals surface area contributed by atoms with Crippen LogP contribution >= 0.6 is 11.6 Å². The molecule has 3 aromatic rings. The van der Waals surface area contributed by atoms with Crippen molar-refractivity contribution in [1.82, 2.24) is 5.32 Å². The van der Waals surface area contributed by atoms with Crippen LogP contribution in [-0.2, 0) is 24.2 Å². The number of hydrogen-bond acceptors (Lipinski definition) is 4. The number of benzene rings is 2. The van der Waals surface area contributed by atoms with E-state index in [-0.39, 0.29) is 18.1 Å². The van der Waals surface area contributed by atoms with Crippen LogP contribution in [0.2, 0.25) is 5.02 Å². The number of carbonyl (C=O) groups excluding carboxylic acids is 1. The second kappa shape index (κ2) is 7.68. The zero-order chi connectivity index (χ0) is 19.7. The zero-order valence-corrected chi connectivity index (χ0v) is 16.3. The number of ether oxygens (including phenoxy) is 1. The van der Waals surface area contributed by atoms with Crippen LogP contribution in [0.5, 0.6) is 5.75 Å². The average Bonchev–Trinajstić information content (AvgIpc) is 3.18. The molecule has 1 aliphatic carbocycles. The van der Waals surface area contributed by atoms with Gasteiger partial charge >= 0.3 is 5.63 Å². The van der Waals surface area contributed by atoms with Crippen molar-refractivity contribution >= 4 is 28.5 Å². The minimum atomic E-state index is -0.266. The molecule has 0 fully saturated rings. The molecule has 144 valence electrons. The minimum absolute atomic E-state index is 0.133. The highest BCUT2D eigenvalue weighted by atomic mass is 35.5. The van der Waals surface area contributed by atoms with E-state index < -0.39 is 0 Å². The zero-order valence-electron chi connectivity index (χ0n) is 15.5. The number of halogens is 1. The standard InChI is InChI=1S/C22H20ClNO4/c1-13-19(27-12-20(25)24-11-14-5-2-3-8-18(14)23)10-9-16-15-6-4-7-17(15)22(26)28-21(13)16/h2-3,5,8-10H,4,6-7,11-12H2,1H3,(H,24,25). The monoisotopic (exact) mass is 397 g/mol. The van der Waals surface area contributed by atoms with E-state index >= 15 is 0 Å². The highest BCUT2D eigenvalue weighted by Crippen LogP contribution is 2.32. The highest BCUT2D eigenvalue weighted by molar-refractivity contribution is 6.31. The molecule has 4 rings (SSSR count). The largest absolute Gasteiger partial charge is 0.483 e. The van der Waals surface area contributed by atoms with Crippen molar-refractivity contribution < 1.29 is 13.9 Å². The summed E-state index contributed by atoms with van der Waals surface area (Å²) >= 11 is 6.09. The maximum Gasteiger partial charge on any atom is 0.339 e. The Hall–Kier alpha value is -2.79. The van der Waals surface area contributed by atoms with Gasteiger partial charge in [0.05, 0.1) is 0 Å². The number of fused-ring (bicyclic) bond motifs is 3. The Bertz CT molecular complexity index is 1120. The highest BCUT2D eigenvalue weighted by Gasteiger charge is 2.21. The fourth-order valence-electron chi connectivity index (χ4n) is 3.65. The molecule has 1 N–H and O–H groups in total. The van der Waals surface area contributed by atoms with E-state index in [1.165, 1.54) is 0 Å². The number of carbonyl (C=O) groups is 1. The third-order valence-electron chi connectivity index (χ3n) is 5.13. The molecule has 0 radical (unpaired) electrons. The van der Waals surface area contributed by atoms with Gasteiger partial charge in [-0.1, -0.05) is 29.8 Å². The van der Waals surface area contributed by atoms with Crippen LogP contribution in [0, 0.1) is 6.92 Å². The maximum absolute atomic E-state index is 12.2. The Morgan fingerprint density at radius 1 is 1.18 bits per heavy atom. The summed E-state index contributed by atoms with van der Waals surface area (Å²) < 4.78 is 11.2. The van der Waals surface area contributed by atoms with Crippen molar-refractivity contribution in [2.24, 2.45) is 0 Å². The summed E-state index contributed by atoms with van der Waals surface area (Å²) in [7, 11) is 0. The maximum atomic E-state index is 12.2. The number of rotatable bonds is 5. The number of nitrogens with one attached hydrogen (secondary N) is 1. The molecule has 0 spiro atoms. The molecule has 1 heterocycles. The Morgan fingerprint density at radius 3 is 2.79 bits per heavy atom. The number of amides is 1. The third-order valence-corrected chi connectivity index (χ3v) is 5.50. The minimum Gasteiger partial charge on any atom is -0.483 e. The topological polar surface area (TPSA) is 68.5 Å². The molecule has 5 nitrogen and oxygen atoms in total. The molecule has 0 saturated heterocycles. The lowest BCUT2D eigenvalue weighted by Gasteiger charge is -2.12. The predicted octanol–water partition coefficient (Wildman–Crippen LogP) is 3.94. The van der Waals surface area contributed by atoms with Gasteiger partial charge in [-0.3, -0.25) is 4.79 Å². The summed E-state index contributed by atoms with van der Waals surface area (Å²) in [6, 6.07) is 11.1. The van der Waals surface area contributed by atoms with Crippen LogP contribution in [0.1, 0.15) is 28.7 Å². The lowest BCUT2D eigenvalue weighted by Crippen LogP contribution is -2.28. The molecule has 1 aromatic heterocycles. The molecule has 6 heteroatoms. The van der Waals surface area contributed by atoms with Crippen LogP contribution in [0.25, 0.3) is 11.0 Å². The van der Waals surface area contributed by atoms with Crippen LogP contribution in [0.15, 0.2) is 45.6 Å². The van der Waals surface area contributed by atoms with Gasteiger partial charge in [-0.25, -0.2) is 4.79 Å². The van der Waals surface area contributed by atoms with Gasteiger partial charge in [0.25, 0.3) is 5.91 Å². The van der Waals surface area contributed by atoms with Gasteiger partial charge in [-0.2, -0.15) is 0 Å². The molecule has 0 bridgehead atoms. The Kier molecular flexibility index (Phi) is 5.09. The lowest BCUT2D eigenvalue weighted by atomic mass is 10.0. The van der Waals surface area contributed by atoms with Crippen molar-refractivity contribution in [2.45, 2.75) is 32.7 Å². The summed E-state index contributed by atoms with van der Waals surface area (Å²) in [5, 5.41) is 4.35. The Morgan fingerprint density at radius 2 is 1.96 bits per heavy atom. The van der Waals surface area contributed by atoms with Crippen LogP contribution in [0.4, 0.5) is 0 Å². The first kappa shape index (κ1) is 18.6. The molecule has 1 aliphatic rings. The van der Waals surface area contributed by atoms with Crippen molar-refractivity contribution in [3.8, 4) is 5.75 Å². The molecule has 1 amide bonds. The summed E-state index contributed by atoms with van der Waals surface area (Å²) in [5.74, 6) is 0.274. The van der Waals surface area contributed by atoms with Crippen molar-refractivity contribution in [1.29, 1.82) is 0 Å². The van der Waals surface area contributed by atoms with E-state index in [0.717, 1.165) is 46.9 Å². The van der Waals surface area contributed by atoms with Gasteiger partial charge in [-0.05, 0) is 55.5 Å². The van der Waals surface area contributed by atoms with Crippen molar-refractivity contribution in [2.75, 3.05) is 6.61 Å². The van der Waals surface area contributed by atoms with Crippen molar-refractivity contribution in [3.05, 3.63) is 74.1 Å². The second-order valence-electron chi connectivity index (χ2n) is 6.92. The van der Waals surface area contributed by atoms with Gasteiger partial charge in [0.2, 0.25) is 0 Å². The number of hydrogen-bond donors (Lipinski definition) is 1. The van der Waals surface area contributed by atoms with E-state index in [2.05, 4.69) is 5.32 Å². The van der Waals surface area contributed by atoms with Gasteiger partial charge in [0.1, 0.15) is 11.3 Å². The predicted molar refractivity (Wildman–Crippen MR) is 108 cm³/mol. The summed E-state index contributed by atoms with van der Waals surface area (Å²) in [6.45, 7) is 2.04. The van der Waals surface area contributed by atoms with E-state index in [4.69, 9.17) is 20.8 Å². The van der Waals surface area contributed by atoms with Gasteiger partial charge in [-0.15, -0.1) is 0 Å². The SMILES string of the molecule is Cc1c(OCC(=O)NCc2ccccc2Cl)ccc2c3c(c(=O)oc12)CCC3. The molecular weight excluding hydrogens is 378 g/mol. The molecule has 0 atom stereocenters. The second-order valence-corrected chi connectivity index (χ2v) is 7.33. The van der Waals surface area contributed by atoms with E-state index in [0.29, 0.717) is 22.9 Å². The van der Waals surface area contributed by atoms with Gasteiger partial charge in [0.15, 0.2) is 6.61 Å². The van der Waals surface area contributed by atoms with Crippen LogP contribution < -0.4 is 15.7 Å². The van der Waals surface area contributed by atoms with Crippen LogP contribution in [0.3, 0.4) is 0 Å². The molecule has 2 aromatic carbocycles. The first-order chi connectivity index (χ1) is 13.5. The first-order valence-electron chi connectivity index (χ1n) is 9.25. The molecule has 28 heavy (non-hydrogen) atoms. The Labute approximate surface area is 167 Å². The van der Waals surface area contributed by atoms with E-state index in [1.54, 1.807) is 6.07 Å². The van der Waals surface area contributed by atoms with Crippen molar-refractivity contribution in [3.63, 3.8) is 0 Å². The fourth-order valence-corrected chi connectivity index (χ4v) is 3.85. The average molecular weight is 398 g/mol. The summed E-state index contributed by atoms with van der Waals surface area (Å²) in [6.07, 6.45) is 2.64. The molecule has 0 unspecified atom stereocenters. The van der Waals surface area contributed by atoms with E-state index in [1.807, 2.05) is 37.3 Å². The molecule has 0 aliphatic heterocycles. The quantitative estimate of drug-likeness (QED) is 0.662.